The molecule has 61 heavy (non-hydrogen) atoms. The van der Waals surface area contributed by atoms with Crippen LogP contribution in [0.3, 0.4) is 0 Å². The van der Waals surface area contributed by atoms with Crippen LogP contribution < -0.4 is 21.1 Å². The third-order valence-electron chi connectivity index (χ3n) is 9.66. The van der Waals surface area contributed by atoms with Gasteiger partial charge in [0.1, 0.15) is 30.9 Å². The van der Waals surface area contributed by atoms with E-state index >= 15 is 0 Å². The van der Waals surface area contributed by atoms with Gasteiger partial charge in [0.05, 0.1) is 31.8 Å². The highest BCUT2D eigenvalue weighted by Crippen LogP contribution is 2.24. The highest BCUT2D eigenvalue weighted by atomic mass is 19.4. The Balaban J connectivity index is 0.000000925. The number of amides is 3. The van der Waals surface area contributed by atoms with Gasteiger partial charge in [-0.25, -0.2) is 9.59 Å². The minimum Gasteiger partial charge on any atom is -0.542 e. The number of carbonyl (C=O) groups is 4. The molecule has 6 aromatic rings. The van der Waals surface area contributed by atoms with E-state index < -0.39 is 30.2 Å². The number of phenols is 1. The van der Waals surface area contributed by atoms with E-state index in [4.69, 9.17) is 14.6 Å². The molecule has 11 nitrogen and oxygen atoms in total. The highest BCUT2D eigenvalue weighted by molar-refractivity contribution is 5.95. The van der Waals surface area contributed by atoms with Gasteiger partial charge in [0.25, 0.3) is 0 Å². The van der Waals surface area contributed by atoms with Crippen molar-refractivity contribution >= 4 is 51.1 Å². The molecule has 6 rings (SSSR count). The number of aromatic hydroxyl groups is 1. The minimum absolute atomic E-state index is 0.112. The van der Waals surface area contributed by atoms with Crippen molar-refractivity contribution in [2.75, 3.05) is 25.5 Å². The number of quaternary nitrogens is 1. The van der Waals surface area contributed by atoms with E-state index in [9.17, 15) is 32.7 Å². The van der Waals surface area contributed by atoms with Crippen molar-refractivity contribution < 1.29 is 51.8 Å². The molecular formula is C47H47F3N4O7. The Kier molecular flexibility index (Phi) is 15.1. The number of hydrogen-bond acceptors (Lipinski definition) is 7. The molecule has 0 saturated carbocycles. The van der Waals surface area contributed by atoms with Gasteiger partial charge < -0.3 is 40.2 Å². The Labute approximate surface area is 351 Å². The predicted molar refractivity (Wildman–Crippen MR) is 225 cm³/mol. The van der Waals surface area contributed by atoms with Crippen LogP contribution in [0.5, 0.6) is 5.75 Å². The number of rotatable bonds is 14. The van der Waals surface area contributed by atoms with Crippen LogP contribution in [0.4, 0.5) is 23.7 Å². The molecule has 0 heterocycles. The fraction of sp³-hybridized carbons (Fsp3) is 0.234. The van der Waals surface area contributed by atoms with Crippen molar-refractivity contribution in [2.45, 2.75) is 51.7 Å². The largest absolute Gasteiger partial charge is 0.542 e. The predicted octanol–water partition coefficient (Wildman–Crippen LogP) is 7.26. The van der Waals surface area contributed by atoms with Gasteiger partial charge >= 0.3 is 18.2 Å². The van der Waals surface area contributed by atoms with E-state index in [1.54, 1.807) is 62.4 Å². The summed E-state index contributed by atoms with van der Waals surface area (Å²) in [6.07, 6.45) is -5.24. The number of fused-ring (bicyclic) bond motifs is 2. The van der Waals surface area contributed by atoms with Crippen molar-refractivity contribution in [1.82, 2.24) is 10.6 Å². The summed E-state index contributed by atoms with van der Waals surface area (Å²) < 4.78 is 37.4. The van der Waals surface area contributed by atoms with Crippen LogP contribution in [0.25, 0.3) is 21.5 Å². The number of esters is 1. The van der Waals surface area contributed by atoms with Crippen molar-refractivity contribution in [2.24, 2.45) is 0 Å². The molecule has 318 valence electrons. The van der Waals surface area contributed by atoms with E-state index in [-0.39, 0.29) is 24.2 Å². The SMILES string of the molecule is CC(C)OC(=O)c1ccc(NC(=O)N[C@@H](Cc2ccc(O)cc2)C(=O)NCC[N+](C)(Cc2ccc3ccccc3c2)Cc2ccc3ccccc3c2)cc1.O=C([O-])C(F)(F)F. The van der Waals surface area contributed by atoms with E-state index in [0.29, 0.717) is 28.8 Å². The number of aliphatic carboxylic acids is 1. The number of ether oxygens (including phenoxy) is 1. The number of halogens is 3. The second-order valence-electron chi connectivity index (χ2n) is 15.2. The summed E-state index contributed by atoms with van der Waals surface area (Å²) in [7, 11) is 2.21. The first-order valence-corrected chi connectivity index (χ1v) is 19.5. The lowest BCUT2D eigenvalue weighted by molar-refractivity contribution is -0.934. The van der Waals surface area contributed by atoms with E-state index in [2.05, 4.69) is 95.8 Å². The smallest absolute Gasteiger partial charge is 0.430 e. The number of hydrogen-bond donors (Lipinski definition) is 4. The molecule has 0 aliphatic rings. The van der Waals surface area contributed by atoms with Gasteiger partial charge in [-0.2, -0.15) is 13.2 Å². The van der Waals surface area contributed by atoms with Gasteiger partial charge in [-0.3, -0.25) is 4.79 Å². The molecule has 0 aromatic heterocycles. The molecule has 0 aliphatic heterocycles. The molecule has 1 atom stereocenters. The summed E-state index contributed by atoms with van der Waals surface area (Å²) in [6.45, 7) is 6.06. The number of benzene rings is 6. The third kappa shape index (κ3) is 13.8. The van der Waals surface area contributed by atoms with Crippen LogP contribution in [-0.2, 0) is 33.8 Å². The van der Waals surface area contributed by atoms with Crippen LogP contribution in [0, 0.1) is 0 Å². The molecule has 0 spiro atoms. The molecule has 0 unspecified atom stereocenters. The quantitative estimate of drug-likeness (QED) is 0.0665. The Hall–Kier alpha value is -6.93. The molecule has 4 N–H and O–H groups in total. The molecule has 0 bridgehead atoms. The summed E-state index contributed by atoms with van der Waals surface area (Å²) in [5, 5.41) is 32.1. The standard InChI is InChI=1S/C45H46N4O5.C2HF3O2/c1-31(2)54-44(52)37-18-20-40(21-19-37)47-45(53)48-42(28-32-14-22-41(50)23-15-32)43(51)46-24-25-49(3,29-33-12-16-35-8-4-6-10-38(35)26-33)30-34-13-17-36-9-5-7-11-39(36)27-34;3-2(4,5)1(6)7/h4-23,26-27,31,42H,24-25,28-30H2,1-3H3,(H3-,46,47,48,50,51,52,53);(H,6,7)/t42-;/m0./s1. The lowest BCUT2D eigenvalue weighted by Gasteiger charge is -2.35. The zero-order valence-corrected chi connectivity index (χ0v) is 33.9. The van der Waals surface area contributed by atoms with Crippen LogP contribution in [0.15, 0.2) is 133 Å². The summed E-state index contributed by atoms with van der Waals surface area (Å²) in [5.74, 6) is -3.67. The molecular weight excluding hydrogens is 790 g/mol. The fourth-order valence-corrected chi connectivity index (χ4v) is 6.72. The van der Waals surface area contributed by atoms with Crippen molar-refractivity contribution in [3.8, 4) is 5.75 Å². The number of carboxylic acids is 1. The number of carbonyl (C=O) groups excluding carboxylic acids is 4. The number of anilines is 1. The van der Waals surface area contributed by atoms with Crippen LogP contribution >= 0.6 is 0 Å². The lowest BCUT2D eigenvalue weighted by Crippen LogP contribution is -2.52. The van der Waals surface area contributed by atoms with Crippen LogP contribution in [-0.4, -0.2) is 71.9 Å². The number of likely N-dealkylation sites (N-methyl/N-ethyl adjacent to an activating group) is 1. The van der Waals surface area contributed by atoms with Gasteiger partial charge in [-0.1, -0.05) is 84.9 Å². The molecule has 14 heteroatoms. The number of alkyl halides is 3. The maximum atomic E-state index is 13.8. The Morgan fingerprint density at radius 2 is 1.21 bits per heavy atom. The van der Waals surface area contributed by atoms with Gasteiger partial charge in [-0.15, -0.1) is 0 Å². The average Bonchev–Trinajstić information content (AvgIpc) is 3.21. The van der Waals surface area contributed by atoms with Gasteiger partial charge in [-0.05, 0) is 89.5 Å². The third-order valence-corrected chi connectivity index (χ3v) is 9.66. The summed E-state index contributed by atoms with van der Waals surface area (Å²) >= 11 is 0. The Morgan fingerprint density at radius 3 is 1.70 bits per heavy atom. The summed E-state index contributed by atoms with van der Waals surface area (Å²) in [5.41, 5.74) is 4.00. The minimum atomic E-state index is -5.19. The van der Waals surface area contributed by atoms with Crippen molar-refractivity contribution in [3.05, 3.63) is 156 Å². The Bertz CT molecular complexity index is 2380. The lowest BCUT2D eigenvalue weighted by atomic mass is 10.0. The number of urea groups is 1. The van der Waals surface area contributed by atoms with Gasteiger partial charge in [0, 0.05) is 23.2 Å². The Morgan fingerprint density at radius 1 is 0.721 bits per heavy atom. The molecule has 6 aromatic carbocycles. The highest BCUT2D eigenvalue weighted by Gasteiger charge is 2.29. The maximum Gasteiger partial charge on any atom is 0.430 e. The maximum absolute atomic E-state index is 13.8. The topological polar surface area (TPSA) is 157 Å². The molecule has 0 aliphatic carbocycles. The summed E-state index contributed by atoms with van der Waals surface area (Å²) in [6, 6.07) is 41.3. The van der Waals surface area contributed by atoms with Gasteiger partial charge in [0.15, 0.2) is 0 Å². The fourth-order valence-electron chi connectivity index (χ4n) is 6.72. The second-order valence-corrected chi connectivity index (χ2v) is 15.2. The monoisotopic (exact) mass is 836 g/mol. The van der Waals surface area contributed by atoms with Crippen molar-refractivity contribution in [3.63, 3.8) is 0 Å². The molecule has 0 fully saturated rings. The summed E-state index contributed by atoms with van der Waals surface area (Å²) in [4.78, 5) is 48.1. The first-order chi connectivity index (χ1) is 29.0. The molecule has 3 amide bonds. The van der Waals surface area contributed by atoms with E-state index in [1.807, 2.05) is 12.1 Å². The normalized spacial score (nSPS) is 11.9. The number of nitrogens with one attached hydrogen (secondary N) is 3. The van der Waals surface area contributed by atoms with E-state index in [1.165, 1.54) is 32.7 Å². The van der Waals surface area contributed by atoms with Crippen LogP contribution in [0.2, 0.25) is 0 Å². The first-order valence-electron chi connectivity index (χ1n) is 19.5. The number of carboxylic acid groups (broad SMARTS) is 1. The van der Waals surface area contributed by atoms with Crippen LogP contribution in [0.1, 0.15) is 40.9 Å². The van der Waals surface area contributed by atoms with E-state index in [0.717, 1.165) is 18.7 Å². The van der Waals surface area contributed by atoms with Gasteiger partial charge in [0.2, 0.25) is 5.91 Å². The number of nitrogens with zero attached hydrogens (tertiary/aromatic N) is 1. The second kappa shape index (κ2) is 20.4. The zero-order chi connectivity index (χ0) is 44.2. The first kappa shape index (κ1) is 45.2. The molecule has 0 radical (unpaired) electrons. The van der Waals surface area contributed by atoms with Crippen molar-refractivity contribution in [1.29, 1.82) is 0 Å². The number of phenolic OH excluding ortho intramolecular Hbond substituents is 1. The zero-order valence-electron chi connectivity index (χ0n) is 33.9. The molecule has 0 saturated heterocycles. The average molecular weight is 837 g/mol.